The first-order valence-corrected chi connectivity index (χ1v) is 6.39. The number of piperidine rings is 1. The molecule has 0 bridgehead atoms. The van der Waals surface area contributed by atoms with Crippen LogP contribution in [0.25, 0.3) is 0 Å². The highest BCUT2D eigenvalue weighted by Crippen LogP contribution is 2.24. The Morgan fingerprint density at radius 1 is 1.44 bits per heavy atom. The minimum absolute atomic E-state index is 0.659. The van der Waals surface area contributed by atoms with Gasteiger partial charge in [-0.25, -0.2) is 4.98 Å². The van der Waals surface area contributed by atoms with E-state index in [1.807, 2.05) is 0 Å². The SMILES string of the molecule is CC(C)Cc1cnc(C2CCNCC2)n1C. The Labute approximate surface area is 98.3 Å². The van der Waals surface area contributed by atoms with Gasteiger partial charge in [0, 0.05) is 24.9 Å². The largest absolute Gasteiger partial charge is 0.335 e. The van der Waals surface area contributed by atoms with Crippen LogP contribution < -0.4 is 5.32 Å². The van der Waals surface area contributed by atoms with E-state index in [1.54, 1.807) is 0 Å². The van der Waals surface area contributed by atoms with Crippen molar-refractivity contribution in [3.05, 3.63) is 17.7 Å². The van der Waals surface area contributed by atoms with Crippen molar-refractivity contribution in [2.75, 3.05) is 13.1 Å². The van der Waals surface area contributed by atoms with Crippen LogP contribution in [-0.4, -0.2) is 22.6 Å². The Balaban J connectivity index is 2.12. The van der Waals surface area contributed by atoms with E-state index in [9.17, 15) is 0 Å². The monoisotopic (exact) mass is 221 g/mol. The van der Waals surface area contributed by atoms with Crippen molar-refractivity contribution in [2.45, 2.75) is 39.0 Å². The van der Waals surface area contributed by atoms with E-state index in [-0.39, 0.29) is 0 Å². The number of rotatable bonds is 3. The third-order valence-electron chi connectivity index (χ3n) is 3.44. The molecule has 0 saturated carbocycles. The van der Waals surface area contributed by atoms with Crippen molar-refractivity contribution in [3.8, 4) is 0 Å². The summed E-state index contributed by atoms with van der Waals surface area (Å²) in [5, 5.41) is 3.41. The lowest BCUT2D eigenvalue weighted by Crippen LogP contribution is -2.28. The summed E-state index contributed by atoms with van der Waals surface area (Å²) >= 11 is 0. The summed E-state index contributed by atoms with van der Waals surface area (Å²) in [6.45, 7) is 6.79. The van der Waals surface area contributed by atoms with Gasteiger partial charge in [0.1, 0.15) is 5.82 Å². The molecule has 90 valence electrons. The number of aromatic nitrogens is 2. The van der Waals surface area contributed by atoms with Gasteiger partial charge < -0.3 is 9.88 Å². The van der Waals surface area contributed by atoms with Gasteiger partial charge in [-0.2, -0.15) is 0 Å². The molecule has 2 heterocycles. The topological polar surface area (TPSA) is 29.9 Å². The van der Waals surface area contributed by atoms with E-state index in [2.05, 4.69) is 42.0 Å². The van der Waals surface area contributed by atoms with Crippen LogP contribution in [0.5, 0.6) is 0 Å². The van der Waals surface area contributed by atoms with Gasteiger partial charge in [-0.05, 0) is 38.3 Å². The molecular weight excluding hydrogens is 198 g/mol. The van der Waals surface area contributed by atoms with Crippen molar-refractivity contribution >= 4 is 0 Å². The second-order valence-corrected chi connectivity index (χ2v) is 5.29. The number of imidazole rings is 1. The molecule has 1 aromatic heterocycles. The smallest absolute Gasteiger partial charge is 0.111 e. The van der Waals surface area contributed by atoms with E-state index < -0.39 is 0 Å². The first kappa shape index (κ1) is 11.6. The van der Waals surface area contributed by atoms with Gasteiger partial charge in [-0.1, -0.05) is 13.8 Å². The Bertz CT molecular complexity index is 335. The fourth-order valence-electron chi connectivity index (χ4n) is 2.53. The van der Waals surface area contributed by atoms with E-state index in [0.717, 1.165) is 19.5 Å². The first-order valence-electron chi connectivity index (χ1n) is 6.39. The van der Waals surface area contributed by atoms with Gasteiger partial charge in [0.05, 0.1) is 0 Å². The molecule has 0 aromatic carbocycles. The van der Waals surface area contributed by atoms with Crippen LogP contribution in [0.2, 0.25) is 0 Å². The van der Waals surface area contributed by atoms with Gasteiger partial charge >= 0.3 is 0 Å². The molecule has 1 aromatic rings. The third kappa shape index (κ3) is 2.46. The summed E-state index contributed by atoms with van der Waals surface area (Å²) in [4.78, 5) is 4.63. The molecule has 0 spiro atoms. The quantitative estimate of drug-likeness (QED) is 0.847. The Kier molecular flexibility index (Phi) is 3.64. The average molecular weight is 221 g/mol. The lowest BCUT2D eigenvalue weighted by atomic mass is 9.97. The predicted molar refractivity (Wildman–Crippen MR) is 66.6 cm³/mol. The molecule has 16 heavy (non-hydrogen) atoms. The van der Waals surface area contributed by atoms with Crippen molar-refractivity contribution < 1.29 is 0 Å². The standard InChI is InChI=1S/C13H23N3/c1-10(2)8-12-9-15-13(16(12)3)11-4-6-14-7-5-11/h9-11,14H,4-8H2,1-3H3. The number of hydrogen-bond donors (Lipinski definition) is 1. The van der Waals surface area contributed by atoms with E-state index in [0.29, 0.717) is 11.8 Å². The molecule has 1 fully saturated rings. The maximum Gasteiger partial charge on any atom is 0.111 e. The lowest BCUT2D eigenvalue weighted by molar-refractivity contribution is 0.435. The molecule has 0 radical (unpaired) electrons. The van der Waals surface area contributed by atoms with Gasteiger partial charge in [0.2, 0.25) is 0 Å². The number of nitrogens with one attached hydrogen (secondary N) is 1. The lowest BCUT2D eigenvalue weighted by Gasteiger charge is -2.22. The van der Waals surface area contributed by atoms with E-state index in [1.165, 1.54) is 24.4 Å². The van der Waals surface area contributed by atoms with E-state index >= 15 is 0 Å². The normalized spacial score (nSPS) is 18.2. The Hall–Kier alpha value is -0.830. The minimum atomic E-state index is 0.659. The molecule has 1 aliphatic rings. The highest BCUT2D eigenvalue weighted by Gasteiger charge is 2.20. The summed E-state index contributed by atoms with van der Waals surface area (Å²) in [5.74, 6) is 2.65. The summed E-state index contributed by atoms with van der Waals surface area (Å²) in [7, 11) is 2.17. The van der Waals surface area contributed by atoms with E-state index in [4.69, 9.17) is 0 Å². The zero-order valence-electron chi connectivity index (χ0n) is 10.7. The first-order chi connectivity index (χ1) is 7.68. The maximum absolute atomic E-state index is 4.63. The van der Waals surface area contributed by atoms with Crippen LogP contribution >= 0.6 is 0 Å². The Morgan fingerprint density at radius 3 is 2.75 bits per heavy atom. The maximum atomic E-state index is 4.63. The van der Waals surface area contributed by atoms with Gasteiger partial charge in [-0.3, -0.25) is 0 Å². The van der Waals surface area contributed by atoms with Crippen LogP contribution in [-0.2, 0) is 13.5 Å². The second kappa shape index (κ2) is 5.00. The van der Waals surface area contributed by atoms with Gasteiger partial charge in [0.15, 0.2) is 0 Å². The molecule has 3 heteroatoms. The van der Waals surface area contributed by atoms with Crippen LogP contribution in [0.1, 0.15) is 44.1 Å². The predicted octanol–water partition coefficient (Wildman–Crippen LogP) is 2.09. The fourth-order valence-corrected chi connectivity index (χ4v) is 2.53. The number of nitrogens with zero attached hydrogens (tertiary/aromatic N) is 2. The average Bonchev–Trinajstić information content (AvgIpc) is 2.61. The van der Waals surface area contributed by atoms with Crippen molar-refractivity contribution in [1.29, 1.82) is 0 Å². The summed E-state index contributed by atoms with van der Waals surface area (Å²) in [6.07, 6.45) is 5.66. The van der Waals surface area contributed by atoms with Gasteiger partial charge in [-0.15, -0.1) is 0 Å². The van der Waals surface area contributed by atoms with Gasteiger partial charge in [0.25, 0.3) is 0 Å². The van der Waals surface area contributed by atoms with Crippen molar-refractivity contribution in [1.82, 2.24) is 14.9 Å². The summed E-state index contributed by atoms with van der Waals surface area (Å²) in [5.41, 5.74) is 1.38. The molecule has 1 aliphatic heterocycles. The molecule has 3 nitrogen and oxygen atoms in total. The molecule has 2 rings (SSSR count). The number of hydrogen-bond acceptors (Lipinski definition) is 2. The van der Waals surface area contributed by atoms with Crippen molar-refractivity contribution in [3.63, 3.8) is 0 Å². The zero-order valence-corrected chi connectivity index (χ0v) is 10.7. The summed E-state index contributed by atoms with van der Waals surface area (Å²) in [6, 6.07) is 0. The van der Waals surface area contributed by atoms with Crippen LogP contribution in [0.4, 0.5) is 0 Å². The second-order valence-electron chi connectivity index (χ2n) is 5.29. The van der Waals surface area contributed by atoms with Crippen LogP contribution in [0.3, 0.4) is 0 Å². The highest BCUT2D eigenvalue weighted by molar-refractivity contribution is 5.10. The highest BCUT2D eigenvalue weighted by atomic mass is 15.1. The van der Waals surface area contributed by atoms with Crippen LogP contribution in [0.15, 0.2) is 6.20 Å². The van der Waals surface area contributed by atoms with Crippen LogP contribution in [0, 0.1) is 5.92 Å². The Morgan fingerprint density at radius 2 is 2.12 bits per heavy atom. The molecule has 1 saturated heterocycles. The molecule has 0 atom stereocenters. The molecule has 0 amide bonds. The zero-order chi connectivity index (χ0) is 11.5. The molecular formula is C13H23N3. The molecule has 0 aliphatic carbocycles. The summed E-state index contributed by atoms with van der Waals surface area (Å²) < 4.78 is 2.32. The fraction of sp³-hybridized carbons (Fsp3) is 0.769. The molecule has 0 unspecified atom stereocenters. The minimum Gasteiger partial charge on any atom is -0.335 e. The molecule has 1 N–H and O–H groups in total. The van der Waals surface area contributed by atoms with Crippen molar-refractivity contribution in [2.24, 2.45) is 13.0 Å². The third-order valence-corrected chi connectivity index (χ3v) is 3.44.